The van der Waals surface area contributed by atoms with Crippen molar-refractivity contribution in [2.45, 2.75) is 33.2 Å². The Hall–Kier alpha value is -2.24. The lowest BCUT2D eigenvalue weighted by atomic mass is 10.1. The second kappa shape index (κ2) is 10.7. The van der Waals surface area contributed by atoms with Crippen LogP contribution in [0.2, 0.25) is 0 Å². The summed E-state index contributed by atoms with van der Waals surface area (Å²) in [4.78, 5) is 12.1. The fraction of sp³-hybridized carbons (Fsp3) is 0.350. The molecule has 0 bridgehead atoms. The standard InChI is InChI=1S/C20H26N2O3.ClH/c1-4-24-19-12-16(11-15(3)21)8-9-18(19)25-13-20(23)22-17-7-5-6-14(2)10-17;/h5-10,12,15H,4,11,13,21H2,1-3H3,(H,22,23);1H. The van der Waals surface area contributed by atoms with E-state index in [-0.39, 0.29) is 31.0 Å². The van der Waals surface area contributed by atoms with Crippen LogP contribution in [0.25, 0.3) is 0 Å². The third-order valence-corrected chi connectivity index (χ3v) is 3.53. The normalized spacial score (nSPS) is 11.2. The molecule has 6 heteroatoms. The Kier molecular flexibility index (Phi) is 8.96. The largest absolute Gasteiger partial charge is 0.490 e. The van der Waals surface area contributed by atoms with Crippen molar-refractivity contribution in [2.75, 3.05) is 18.5 Å². The fourth-order valence-corrected chi connectivity index (χ4v) is 2.50. The monoisotopic (exact) mass is 378 g/mol. The van der Waals surface area contributed by atoms with Crippen molar-refractivity contribution < 1.29 is 14.3 Å². The van der Waals surface area contributed by atoms with E-state index in [1.165, 1.54) is 0 Å². The van der Waals surface area contributed by atoms with Crippen LogP contribution in [-0.4, -0.2) is 25.2 Å². The Morgan fingerprint density at radius 1 is 1.15 bits per heavy atom. The SMILES string of the molecule is CCOc1cc(CC(C)N)ccc1OCC(=O)Nc1cccc(C)c1.Cl. The quantitative estimate of drug-likeness (QED) is 0.734. The van der Waals surface area contributed by atoms with Gasteiger partial charge in [0, 0.05) is 11.7 Å². The van der Waals surface area contributed by atoms with E-state index in [0.29, 0.717) is 18.1 Å². The van der Waals surface area contributed by atoms with Crippen molar-refractivity contribution in [3.05, 3.63) is 53.6 Å². The molecule has 0 aliphatic heterocycles. The average Bonchev–Trinajstić information content (AvgIpc) is 2.54. The maximum absolute atomic E-state index is 12.1. The molecule has 142 valence electrons. The number of ether oxygens (including phenoxy) is 2. The number of nitrogens with two attached hydrogens (primary N) is 1. The minimum absolute atomic E-state index is 0. The van der Waals surface area contributed by atoms with Crippen molar-refractivity contribution in [1.82, 2.24) is 0 Å². The smallest absolute Gasteiger partial charge is 0.262 e. The molecule has 2 aromatic rings. The first-order valence-corrected chi connectivity index (χ1v) is 8.48. The first kappa shape index (κ1) is 21.8. The summed E-state index contributed by atoms with van der Waals surface area (Å²) in [5.74, 6) is 0.964. The van der Waals surface area contributed by atoms with Crippen molar-refractivity contribution in [3.8, 4) is 11.5 Å². The molecule has 26 heavy (non-hydrogen) atoms. The zero-order chi connectivity index (χ0) is 18.2. The fourth-order valence-electron chi connectivity index (χ4n) is 2.50. The molecule has 3 N–H and O–H groups in total. The summed E-state index contributed by atoms with van der Waals surface area (Å²) in [5.41, 5.74) is 8.76. The number of benzene rings is 2. The predicted octanol–water partition coefficient (Wildman–Crippen LogP) is 3.72. The van der Waals surface area contributed by atoms with Crippen LogP contribution in [0.3, 0.4) is 0 Å². The number of nitrogens with one attached hydrogen (secondary N) is 1. The molecule has 0 spiro atoms. The number of aryl methyl sites for hydroxylation is 1. The van der Waals surface area contributed by atoms with Crippen LogP contribution in [0.4, 0.5) is 5.69 Å². The second-order valence-electron chi connectivity index (χ2n) is 6.10. The van der Waals surface area contributed by atoms with Gasteiger partial charge in [-0.15, -0.1) is 12.4 Å². The van der Waals surface area contributed by atoms with Crippen LogP contribution in [0.1, 0.15) is 25.0 Å². The van der Waals surface area contributed by atoms with Gasteiger partial charge in [0.25, 0.3) is 5.91 Å². The minimum Gasteiger partial charge on any atom is -0.490 e. The molecule has 1 atom stereocenters. The average molecular weight is 379 g/mol. The number of anilines is 1. The van der Waals surface area contributed by atoms with Gasteiger partial charge in [0.1, 0.15) is 0 Å². The topological polar surface area (TPSA) is 73.6 Å². The zero-order valence-corrected chi connectivity index (χ0v) is 16.3. The Morgan fingerprint density at radius 3 is 2.58 bits per heavy atom. The number of rotatable bonds is 8. The van der Waals surface area contributed by atoms with E-state index in [4.69, 9.17) is 15.2 Å². The molecule has 2 aromatic carbocycles. The van der Waals surface area contributed by atoms with E-state index in [9.17, 15) is 4.79 Å². The van der Waals surface area contributed by atoms with E-state index >= 15 is 0 Å². The molecule has 0 heterocycles. The Morgan fingerprint density at radius 2 is 1.92 bits per heavy atom. The molecule has 2 rings (SSSR count). The lowest BCUT2D eigenvalue weighted by molar-refractivity contribution is -0.118. The van der Waals surface area contributed by atoms with Crippen molar-refractivity contribution >= 4 is 24.0 Å². The van der Waals surface area contributed by atoms with Crippen LogP contribution in [0.5, 0.6) is 11.5 Å². The lowest BCUT2D eigenvalue weighted by Crippen LogP contribution is -2.20. The number of carbonyl (C=O) groups excluding carboxylic acids is 1. The highest BCUT2D eigenvalue weighted by Crippen LogP contribution is 2.29. The molecule has 1 amide bonds. The van der Waals surface area contributed by atoms with E-state index in [1.54, 1.807) is 0 Å². The van der Waals surface area contributed by atoms with Gasteiger partial charge in [0.05, 0.1) is 6.61 Å². The molecule has 0 radical (unpaired) electrons. The zero-order valence-electron chi connectivity index (χ0n) is 15.5. The molecule has 0 aliphatic carbocycles. The highest BCUT2D eigenvalue weighted by molar-refractivity contribution is 5.92. The molecular formula is C20H27ClN2O3. The first-order valence-electron chi connectivity index (χ1n) is 8.48. The summed E-state index contributed by atoms with van der Waals surface area (Å²) in [6.45, 7) is 6.28. The number of halogens is 1. The van der Waals surface area contributed by atoms with E-state index in [1.807, 2.05) is 63.2 Å². The van der Waals surface area contributed by atoms with Crippen LogP contribution in [0, 0.1) is 6.92 Å². The van der Waals surface area contributed by atoms with Gasteiger partial charge in [0.2, 0.25) is 0 Å². The van der Waals surface area contributed by atoms with Gasteiger partial charge in [-0.1, -0.05) is 18.2 Å². The lowest BCUT2D eigenvalue weighted by Gasteiger charge is -2.14. The molecule has 0 saturated heterocycles. The van der Waals surface area contributed by atoms with E-state index in [2.05, 4.69) is 5.32 Å². The summed E-state index contributed by atoms with van der Waals surface area (Å²) >= 11 is 0. The number of hydrogen-bond donors (Lipinski definition) is 2. The number of carbonyl (C=O) groups is 1. The second-order valence-corrected chi connectivity index (χ2v) is 6.10. The summed E-state index contributed by atoms with van der Waals surface area (Å²) in [7, 11) is 0. The van der Waals surface area contributed by atoms with Gasteiger partial charge in [-0.2, -0.15) is 0 Å². The third kappa shape index (κ3) is 6.94. The van der Waals surface area contributed by atoms with Crippen LogP contribution < -0.4 is 20.5 Å². The minimum atomic E-state index is -0.215. The van der Waals surface area contributed by atoms with Crippen molar-refractivity contribution in [3.63, 3.8) is 0 Å². The molecular weight excluding hydrogens is 352 g/mol. The van der Waals surface area contributed by atoms with E-state index in [0.717, 1.165) is 23.2 Å². The van der Waals surface area contributed by atoms with Crippen LogP contribution in [0.15, 0.2) is 42.5 Å². The summed E-state index contributed by atoms with van der Waals surface area (Å²) in [6.07, 6.45) is 0.758. The van der Waals surface area contributed by atoms with E-state index < -0.39 is 0 Å². The predicted molar refractivity (Wildman–Crippen MR) is 108 cm³/mol. The summed E-state index contributed by atoms with van der Waals surface area (Å²) < 4.78 is 11.3. The summed E-state index contributed by atoms with van der Waals surface area (Å²) in [6, 6.07) is 13.4. The molecule has 0 aromatic heterocycles. The van der Waals surface area contributed by atoms with Crippen LogP contribution in [-0.2, 0) is 11.2 Å². The Bertz CT molecular complexity index is 720. The summed E-state index contributed by atoms with van der Waals surface area (Å²) in [5, 5.41) is 2.82. The molecule has 0 saturated carbocycles. The third-order valence-electron chi connectivity index (χ3n) is 3.53. The molecule has 0 aliphatic rings. The van der Waals surface area contributed by atoms with Gasteiger partial charge in [-0.25, -0.2) is 0 Å². The molecule has 0 fully saturated rings. The van der Waals surface area contributed by atoms with Gasteiger partial charge in [-0.3, -0.25) is 4.79 Å². The van der Waals surface area contributed by atoms with Gasteiger partial charge < -0.3 is 20.5 Å². The van der Waals surface area contributed by atoms with Crippen molar-refractivity contribution in [1.29, 1.82) is 0 Å². The van der Waals surface area contributed by atoms with Crippen LogP contribution >= 0.6 is 12.4 Å². The van der Waals surface area contributed by atoms with Gasteiger partial charge >= 0.3 is 0 Å². The first-order chi connectivity index (χ1) is 12.0. The number of hydrogen-bond acceptors (Lipinski definition) is 4. The maximum Gasteiger partial charge on any atom is 0.262 e. The molecule has 1 unspecified atom stereocenters. The molecule has 5 nitrogen and oxygen atoms in total. The maximum atomic E-state index is 12.1. The number of amides is 1. The van der Waals surface area contributed by atoms with Gasteiger partial charge in [-0.05, 0) is 62.6 Å². The van der Waals surface area contributed by atoms with Crippen molar-refractivity contribution in [2.24, 2.45) is 5.73 Å². The highest BCUT2D eigenvalue weighted by atomic mass is 35.5. The Labute approximate surface area is 161 Å². The van der Waals surface area contributed by atoms with Gasteiger partial charge in [0.15, 0.2) is 18.1 Å². The Balaban J connectivity index is 0.00000338. The highest BCUT2D eigenvalue weighted by Gasteiger charge is 2.10.